The third-order valence-electron chi connectivity index (χ3n) is 3.94. The molecule has 130 valence electrons. The first-order valence-corrected chi connectivity index (χ1v) is 8.06. The summed E-state index contributed by atoms with van der Waals surface area (Å²) in [6.45, 7) is 0. The molecule has 1 aliphatic heterocycles. The number of carbonyl (C=O) groups is 2. The summed E-state index contributed by atoms with van der Waals surface area (Å²) in [5.41, 5.74) is 2.03. The zero-order valence-corrected chi connectivity index (χ0v) is 13.9. The van der Waals surface area contributed by atoms with E-state index < -0.39 is 18.2 Å². The van der Waals surface area contributed by atoms with Crippen molar-refractivity contribution in [1.29, 1.82) is 0 Å². The summed E-state index contributed by atoms with van der Waals surface area (Å²) in [4.78, 5) is 27.8. The Morgan fingerprint density at radius 1 is 1.19 bits per heavy atom. The van der Waals surface area contributed by atoms with Crippen LogP contribution in [0.25, 0.3) is 11.0 Å². The Hall–Kier alpha value is -3.32. The zero-order chi connectivity index (χ0) is 18.3. The highest BCUT2D eigenvalue weighted by Crippen LogP contribution is 2.34. The fourth-order valence-corrected chi connectivity index (χ4v) is 2.93. The predicted molar refractivity (Wildman–Crippen MR) is 96.9 cm³/mol. The first-order chi connectivity index (χ1) is 12.5. The van der Waals surface area contributed by atoms with Crippen LogP contribution >= 0.6 is 11.6 Å². The van der Waals surface area contributed by atoms with Crippen LogP contribution in [-0.2, 0) is 4.79 Å². The number of rotatable bonds is 2. The number of nitrogens with zero attached hydrogens (tertiary/aromatic N) is 1. The van der Waals surface area contributed by atoms with Crippen molar-refractivity contribution < 1.29 is 19.1 Å². The van der Waals surface area contributed by atoms with Crippen LogP contribution in [0, 0.1) is 0 Å². The maximum Gasteiger partial charge on any atom is 0.406 e. The Bertz CT molecular complexity index is 1060. The standard InChI is InChI=1S/C18H12ClN3O4/c19-10-7-5-9(6-8-10)13-15-14(11-3-1-2-4-12(11)26-15)21-17(23)16(20-13)22-18(24)25/h1-8,16,22H,(H,21,23)(H,24,25). The van der Waals surface area contributed by atoms with Crippen molar-refractivity contribution in [1.82, 2.24) is 5.32 Å². The molecule has 0 radical (unpaired) electrons. The molecule has 2 amide bonds. The van der Waals surface area contributed by atoms with Crippen molar-refractivity contribution in [2.45, 2.75) is 6.17 Å². The lowest BCUT2D eigenvalue weighted by Gasteiger charge is -2.10. The monoisotopic (exact) mass is 369 g/mol. The van der Waals surface area contributed by atoms with Gasteiger partial charge in [-0.15, -0.1) is 0 Å². The number of hydrogen-bond acceptors (Lipinski definition) is 4. The van der Waals surface area contributed by atoms with Crippen molar-refractivity contribution in [3.8, 4) is 0 Å². The first-order valence-electron chi connectivity index (χ1n) is 7.69. The summed E-state index contributed by atoms with van der Waals surface area (Å²) in [7, 11) is 0. The van der Waals surface area contributed by atoms with Crippen molar-refractivity contribution >= 4 is 46.0 Å². The molecule has 26 heavy (non-hydrogen) atoms. The number of carboxylic acid groups (broad SMARTS) is 1. The van der Waals surface area contributed by atoms with Gasteiger partial charge in [0.25, 0.3) is 5.91 Å². The van der Waals surface area contributed by atoms with E-state index in [0.29, 0.717) is 38.7 Å². The van der Waals surface area contributed by atoms with Gasteiger partial charge in [0, 0.05) is 16.0 Å². The van der Waals surface area contributed by atoms with Crippen LogP contribution in [0.3, 0.4) is 0 Å². The molecule has 1 atom stereocenters. The molecule has 2 heterocycles. The minimum Gasteiger partial charge on any atom is -0.465 e. The minimum absolute atomic E-state index is 0.352. The number of furan rings is 1. The number of anilines is 1. The lowest BCUT2D eigenvalue weighted by Crippen LogP contribution is -2.41. The molecule has 7 nitrogen and oxygen atoms in total. The number of carbonyl (C=O) groups excluding carboxylic acids is 1. The molecule has 1 aliphatic rings. The van der Waals surface area contributed by atoms with E-state index in [1.54, 1.807) is 30.3 Å². The summed E-state index contributed by atoms with van der Waals surface area (Å²) in [5.74, 6) is -0.235. The fourth-order valence-electron chi connectivity index (χ4n) is 2.80. The van der Waals surface area contributed by atoms with E-state index in [-0.39, 0.29) is 0 Å². The Kier molecular flexibility index (Phi) is 3.85. The third kappa shape index (κ3) is 2.78. The second-order valence-corrected chi connectivity index (χ2v) is 6.06. The van der Waals surface area contributed by atoms with Crippen LogP contribution in [0.5, 0.6) is 0 Å². The van der Waals surface area contributed by atoms with Crippen LogP contribution in [0.1, 0.15) is 11.3 Å². The number of benzene rings is 2. The van der Waals surface area contributed by atoms with Gasteiger partial charge < -0.3 is 14.8 Å². The highest BCUT2D eigenvalue weighted by Gasteiger charge is 2.30. The number of para-hydroxylation sites is 1. The molecule has 3 aromatic rings. The summed E-state index contributed by atoms with van der Waals surface area (Å²) in [5, 5.41) is 15.1. The maximum absolute atomic E-state index is 12.5. The van der Waals surface area contributed by atoms with Gasteiger partial charge in [-0.1, -0.05) is 35.9 Å². The minimum atomic E-state index is -1.35. The van der Waals surface area contributed by atoms with Crippen LogP contribution in [0.4, 0.5) is 10.5 Å². The number of amides is 2. The summed E-state index contributed by atoms with van der Waals surface area (Å²) in [6.07, 6.45) is -2.66. The largest absolute Gasteiger partial charge is 0.465 e. The van der Waals surface area contributed by atoms with Gasteiger partial charge >= 0.3 is 6.09 Å². The Morgan fingerprint density at radius 2 is 1.92 bits per heavy atom. The van der Waals surface area contributed by atoms with Gasteiger partial charge in [-0.3, -0.25) is 10.1 Å². The van der Waals surface area contributed by atoms with Crippen molar-refractivity contribution in [2.75, 3.05) is 5.32 Å². The second-order valence-electron chi connectivity index (χ2n) is 5.63. The lowest BCUT2D eigenvalue weighted by molar-refractivity contribution is -0.117. The van der Waals surface area contributed by atoms with E-state index in [4.69, 9.17) is 21.1 Å². The molecule has 4 rings (SSSR count). The topological polar surface area (TPSA) is 104 Å². The lowest BCUT2D eigenvalue weighted by atomic mass is 10.1. The molecular formula is C18H12ClN3O4. The SMILES string of the molecule is O=C(O)NC1N=C(c2ccc(Cl)cc2)c2oc3ccccc3c2NC1=O. The zero-order valence-electron chi connectivity index (χ0n) is 13.2. The van der Waals surface area contributed by atoms with Gasteiger partial charge in [0.2, 0.25) is 6.17 Å². The molecule has 1 aromatic heterocycles. The molecule has 0 spiro atoms. The average Bonchev–Trinajstić information content (AvgIpc) is 2.91. The molecule has 0 fully saturated rings. The second kappa shape index (κ2) is 6.20. The number of hydrogen-bond donors (Lipinski definition) is 3. The first kappa shape index (κ1) is 16.2. The molecule has 3 N–H and O–H groups in total. The van der Waals surface area contributed by atoms with Crippen molar-refractivity contribution in [3.63, 3.8) is 0 Å². The van der Waals surface area contributed by atoms with Crippen LogP contribution in [-0.4, -0.2) is 29.0 Å². The van der Waals surface area contributed by atoms with Crippen LogP contribution < -0.4 is 10.6 Å². The average molecular weight is 370 g/mol. The van der Waals surface area contributed by atoms with Crippen molar-refractivity contribution in [3.05, 3.63) is 64.9 Å². The van der Waals surface area contributed by atoms with Gasteiger partial charge in [0.15, 0.2) is 5.76 Å². The number of halogens is 1. The van der Waals surface area contributed by atoms with E-state index in [2.05, 4.69) is 15.6 Å². The third-order valence-corrected chi connectivity index (χ3v) is 4.20. The molecule has 0 saturated heterocycles. The molecule has 8 heteroatoms. The Labute approximate surface area is 152 Å². The normalized spacial score (nSPS) is 16.4. The number of fused-ring (bicyclic) bond motifs is 3. The van der Waals surface area contributed by atoms with Gasteiger partial charge in [0.1, 0.15) is 11.3 Å². The summed E-state index contributed by atoms with van der Waals surface area (Å²) in [6, 6.07) is 14.0. The van der Waals surface area contributed by atoms with E-state index >= 15 is 0 Å². The van der Waals surface area contributed by atoms with E-state index in [0.717, 1.165) is 0 Å². The van der Waals surface area contributed by atoms with Gasteiger partial charge in [0.05, 0.1) is 5.69 Å². The van der Waals surface area contributed by atoms with Crippen LogP contribution in [0.15, 0.2) is 57.9 Å². The molecule has 2 aromatic carbocycles. The Balaban J connectivity index is 1.95. The van der Waals surface area contributed by atoms with Gasteiger partial charge in [-0.2, -0.15) is 0 Å². The molecule has 0 bridgehead atoms. The van der Waals surface area contributed by atoms with Crippen molar-refractivity contribution in [2.24, 2.45) is 4.99 Å². The predicted octanol–water partition coefficient (Wildman–Crippen LogP) is 3.47. The molecular weight excluding hydrogens is 358 g/mol. The van der Waals surface area contributed by atoms with Gasteiger partial charge in [-0.25, -0.2) is 9.79 Å². The van der Waals surface area contributed by atoms with Crippen LogP contribution in [0.2, 0.25) is 5.02 Å². The molecule has 0 aliphatic carbocycles. The number of nitrogens with one attached hydrogen (secondary N) is 2. The summed E-state index contributed by atoms with van der Waals surface area (Å²) >= 11 is 5.95. The summed E-state index contributed by atoms with van der Waals surface area (Å²) < 4.78 is 5.92. The quantitative estimate of drug-likeness (QED) is 0.643. The maximum atomic E-state index is 12.5. The smallest absolute Gasteiger partial charge is 0.406 e. The fraction of sp³-hybridized carbons (Fsp3) is 0.0556. The highest BCUT2D eigenvalue weighted by molar-refractivity contribution is 6.31. The number of aliphatic imine (C=N–C) groups is 1. The Morgan fingerprint density at radius 3 is 2.65 bits per heavy atom. The van der Waals surface area contributed by atoms with Gasteiger partial charge in [-0.05, 0) is 24.3 Å². The van der Waals surface area contributed by atoms with E-state index in [9.17, 15) is 9.59 Å². The molecule has 1 unspecified atom stereocenters. The molecule has 0 saturated carbocycles. The highest BCUT2D eigenvalue weighted by atomic mass is 35.5. The van der Waals surface area contributed by atoms with E-state index in [1.807, 2.05) is 18.2 Å². The van der Waals surface area contributed by atoms with E-state index in [1.165, 1.54) is 0 Å².